The first-order valence-electron chi connectivity index (χ1n) is 8.17. The molecule has 1 aromatic heterocycles. The van der Waals surface area contributed by atoms with Crippen molar-refractivity contribution in [2.24, 2.45) is 5.92 Å². The molecule has 0 saturated carbocycles. The molecule has 1 saturated heterocycles. The Morgan fingerprint density at radius 3 is 2.83 bits per heavy atom. The summed E-state index contributed by atoms with van der Waals surface area (Å²) < 4.78 is 26.0. The maximum absolute atomic E-state index is 12.3. The van der Waals surface area contributed by atoms with Gasteiger partial charge in [0.05, 0.1) is 11.7 Å². The molecule has 1 amide bonds. The third-order valence-electron chi connectivity index (χ3n) is 4.12. The summed E-state index contributed by atoms with van der Waals surface area (Å²) >= 11 is 0. The van der Waals surface area contributed by atoms with Crippen LogP contribution in [-0.2, 0) is 21.4 Å². The van der Waals surface area contributed by atoms with Crippen LogP contribution in [0.1, 0.15) is 38.2 Å². The van der Waals surface area contributed by atoms with Crippen LogP contribution in [0.3, 0.4) is 0 Å². The van der Waals surface area contributed by atoms with Gasteiger partial charge in [0.15, 0.2) is 0 Å². The van der Waals surface area contributed by atoms with Gasteiger partial charge in [-0.25, -0.2) is 12.7 Å². The van der Waals surface area contributed by atoms with Gasteiger partial charge < -0.3 is 5.32 Å². The van der Waals surface area contributed by atoms with E-state index >= 15 is 0 Å². The number of hydrogen-bond donors (Lipinski definition) is 1. The van der Waals surface area contributed by atoms with Crippen molar-refractivity contribution < 1.29 is 13.2 Å². The van der Waals surface area contributed by atoms with E-state index in [4.69, 9.17) is 0 Å². The molecule has 2 rings (SSSR count). The Morgan fingerprint density at radius 1 is 1.39 bits per heavy atom. The maximum atomic E-state index is 12.3. The van der Waals surface area contributed by atoms with Crippen molar-refractivity contribution in [3.8, 4) is 0 Å². The summed E-state index contributed by atoms with van der Waals surface area (Å²) in [4.78, 5) is 16.2. The molecule has 128 valence electrons. The van der Waals surface area contributed by atoms with Gasteiger partial charge in [-0.15, -0.1) is 0 Å². The lowest BCUT2D eigenvalue weighted by Gasteiger charge is -2.31. The minimum atomic E-state index is -3.23. The second-order valence-corrected chi connectivity index (χ2v) is 8.03. The van der Waals surface area contributed by atoms with Gasteiger partial charge in [-0.2, -0.15) is 0 Å². The van der Waals surface area contributed by atoms with E-state index in [1.165, 1.54) is 4.31 Å². The number of rotatable bonds is 7. The summed E-state index contributed by atoms with van der Waals surface area (Å²) in [7, 11) is -3.23. The molecule has 0 aliphatic carbocycles. The number of hydrogen-bond acceptors (Lipinski definition) is 4. The molecular formula is C16H25N3O3S. The van der Waals surface area contributed by atoms with E-state index in [0.717, 1.165) is 24.8 Å². The van der Waals surface area contributed by atoms with Gasteiger partial charge in [0.1, 0.15) is 0 Å². The first kappa shape index (κ1) is 17.9. The van der Waals surface area contributed by atoms with E-state index in [-0.39, 0.29) is 17.6 Å². The van der Waals surface area contributed by atoms with E-state index in [1.54, 1.807) is 12.4 Å². The second kappa shape index (κ2) is 8.40. The van der Waals surface area contributed by atoms with E-state index in [1.807, 2.05) is 19.1 Å². The smallest absolute Gasteiger partial charge is 0.224 e. The Morgan fingerprint density at radius 2 is 2.13 bits per heavy atom. The predicted molar refractivity (Wildman–Crippen MR) is 89.1 cm³/mol. The first-order chi connectivity index (χ1) is 11.0. The molecule has 1 atom stereocenters. The van der Waals surface area contributed by atoms with Crippen molar-refractivity contribution >= 4 is 15.9 Å². The van der Waals surface area contributed by atoms with E-state index in [2.05, 4.69) is 10.3 Å². The highest BCUT2D eigenvalue weighted by Crippen LogP contribution is 2.20. The van der Waals surface area contributed by atoms with Gasteiger partial charge in [0.25, 0.3) is 0 Å². The Labute approximate surface area is 138 Å². The molecule has 7 heteroatoms. The summed E-state index contributed by atoms with van der Waals surface area (Å²) in [6.07, 6.45) is 6.36. The number of amides is 1. The number of piperidine rings is 1. The standard InChI is InChI=1S/C16H25N3O3S/c1-2-3-11-23(21,22)19-10-4-5-15(13-19)16(20)18-12-14-6-8-17-9-7-14/h6-9,15H,2-5,10-13H2,1H3,(H,18,20). The molecule has 1 aliphatic heterocycles. The zero-order chi connectivity index (χ0) is 16.7. The number of nitrogens with one attached hydrogen (secondary N) is 1. The Balaban J connectivity index is 1.88. The Bertz CT molecular complexity index is 604. The molecular weight excluding hydrogens is 314 g/mol. The maximum Gasteiger partial charge on any atom is 0.224 e. The van der Waals surface area contributed by atoms with Crippen molar-refractivity contribution in [1.82, 2.24) is 14.6 Å². The highest BCUT2D eigenvalue weighted by Gasteiger charge is 2.31. The minimum Gasteiger partial charge on any atom is -0.352 e. The van der Waals surface area contributed by atoms with Crippen LogP contribution < -0.4 is 5.32 Å². The zero-order valence-electron chi connectivity index (χ0n) is 13.6. The minimum absolute atomic E-state index is 0.0720. The van der Waals surface area contributed by atoms with Crippen molar-refractivity contribution in [2.75, 3.05) is 18.8 Å². The molecule has 0 radical (unpaired) electrons. The lowest BCUT2D eigenvalue weighted by atomic mass is 9.99. The molecule has 1 fully saturated rings. The van der Waals surface area contributed by atoms with Crippen molar-refractivity contribution in [1.29, 1.82) is 0 Å². The number of carbonyl (C=O) groups excluding carboxylic acids is 1. The number of carbonyl (C=O) groups is 1. The fourth-order valence-electron chi connectivity index (χ4n) is 2.70. The number of unbranched alkanes of at least 4 members (excludes halogenated alkanes) is 1. The average Bonchev–Trinajstić information content (AvgIpc) is 2.59. The van der Waals surface area contributed by atoms with Crippen LogP contribution in [-0.4, -0.2) is 42.5 Å². The van der Waals surface area contributed by atoms with Crippen LogP contribution in [0.4, 0.5) is 0 Å². The van der Waals surface area contributed by atoms with Gasteiger partial charge in [-0.3, -0.25) is 9.78 Å². The fraction of sp³-hybridized carbons (Fsp3) is 0.625. The molecule has 23 heavy (non-hydrogen) atoms. The molecule has 6 nitrogen and oxygen atoms in total. The van der Waals surface area contributed by atoms with Gasteiger partial charge in [-0.1, -0.05) is 13.3 Å². The molecule has 0 spiro atoms. The largest absolute Gasteiger partial charge is 0.352 e. The molecule has 2 heterocycles. The Kier molecular flexibility index (Phi) is 6.53. The molecule has 1 unspecified atom stereocenters. The third-order valence-corrected chi connectivity index (χ3v) is 6.04. The zero-order valence-corrected chi connectivity index (χ0v) is 14.4. The summed E-state index contributed by atoms with van der Waals surface area (Å²) in [5.41, 5.74) is 0.983. The molecule has 1 N–H and O–H groups in total. The highest BCUT2D eigenvalue weighted by atomic mass is 32.2. The van der Waals surface area contributed by atoms with Crippen LogP contribution >= 0.6 is 0 Å². The lowest BCUT2D eigenvalue weighted by molar-refractivity contribution is -0.126. The SMILES string of the molecule is CCCCS(=O)(=O)N1CCCC(C(=O)NCc2ccncc2)C1. The molecule has 0 aromatic carbocycles. The van der Waals surface area contributed by atoms with Gasteiger partial charge in [0.2, 0.25) is 15.9 Å². The number of aromatic nitrogens is 1. The van der Waals surface area contributed by atoms with E-state index in [9.17, 15) is 13.2 Å². The summed E-state index contributed by atoms with van der Waals surface area (Å²) in [6, 6.07) is 3.70. The monoisotopic (exact) mass is 339 g/mol. The number of pyridine rings is 1. The molecule has 1 aromatic rings. The van der Waals surface area contributed by atoms with E-state index < -0.39 is 10.0 Å². The topological polar surface area (TPSA) is 79.4 Å². The van der Waals surface area contributed by atoms with Crippen molar-refractivity contribution in [3.05, 3.63) is 30.1 Å². The van der Waals surface area contributed by atoms with Gasteiger partial charge in [0, 0.05) is 32.0 Å². The first-order valence-corrected chi connectivity index (χ1v) is 9.78. The second-order valence-electron chi connectivity index (χ2n) is 5.94. The normalized spacial score (nSPS) is 19.4. The predicted octanol–water partition coefficient (Wildman–Crippen LogP) is 1.54. The van der Waals surface area contributed by atoms with Crippen LogP contribution in [0.5, 0.6) is 0 Å². The van der Waals surface area contributed by atoms with Crippen LogP contribution in [0, 0.1) is 5.92 Å². The van der Waals surface area contributed by atoms with Crippen LogP contribution in [0.15, 0.2) is 24.5 Å². The van der Waals surface area contributed by atoms with E-state index in [0.29, 0.717) is 26.1 Å². The lowest BCUT2D eigenvalue weighted by Crippen LogP contribution is -2.45. The van der Waals surface area contributed by atoms with Crippen molar-refractivity contribution in [3.63, 3.8) is 0 Å². The van der Waals surface area contributed by atoms with Crippen LogP contribution in [0.2, 0.25) is 0 Å². The molecule has 0 bridgehead atoms. The Hall–Kier alpha value is -1.47. The summed E-state index contributed by atoms with van der Waals surface area (Å²) in [6.45, 7) is 3.25. The molecule has 1 aliphatic rings. The van der Waals surface area contributed by atoms with Gasteiger partial charge in [-0.05, 0) is 37.0 Å². The quantitative estimate of drug-likeness (QED) is 0.817. The van der Waals surface area contributed by atoms with Gasteiger partial charge >= 0.3 is 0 Å². The average molecular weight is 339 g/mol. The van der Waals surface area contributed by atoms with Crippen molar-refractivity contribution in [2.45, 2.75) is 39.2 Å². The number of nitrogens with zero attached hydrogens (tertiary/aromatic N) is 2. The third kappa shape index (κ3) is 5.28. The summed E-state index contributed by atoms with van der Waals surface area (Å²) in [5, 5.41) is 2.90. The van der Waals surface area contributed by atoms with Crippen LogP contribution in [0.25, 0.3) is 0 Å². The number of sulfonamides is 1. The summed E-state index contributed by atoms with van der Waals surface area (Å²) in [5.74, 6) is -0.159. The fourth-order valence-corrected chi connectivity index (χ4v) is 4.43. The highest BCUT2D eigenvalue weighted by molar-refractivity contribution is 7.89.